The summed E-state index contributed by atoms with van der Waals surface area (Å²) in [6.07, 6.45) is 0. The van der Waals surface area contributed by atoms with E-state index in [2.05, 4.69) is 15.0 Å². The van der Waals surface area contributed by atoms with E-state index < -0.39 is 9.84 Å². The van der Waals surface area contributed by atoms with Crippen molar-refractivity contribution in [3.8, 4) is 0 Å². The van der Waals surface area contributed by atoms with Gasteiger partial charge in [-0.2, -0.15) is 0 Å². The number of aromatic nitrogens is 3. The number of nitrogens with one attached hydrogen (secondary N) is 1. The molecule has 2 aromatic heterocycles. The number of benzene rings is 1. The lowest BCUT2D eigenvalue weighted by molar-refractivity contribution is 0.588. The van der Waals surface area contributed by atoms with E-state index in [1.165, 1.54) is 11.3 Å². The predicted molar refractivity (Wildman–Crippen MR) is 83.2 cm³/mol. The lowest BCUT2D eigenvalue weighted by Gasteiger charge is -1.99. The second kappa shape index (κ2) is 5.23. The van der Waals surface area contributed by atoms with Gasteiger partial charge in [-0.3, -0.25) is 0 Å². The summed E-state index contributed by atoms with van der Waals surface area (Å²) in [5, 5.41) is 2.75. The smallest absolute Gasteiger partial charge is 0.226 e. The van der Waals surface area contributed by atoms with Crippen molar-refractivity contribution in [1.82, 2.24) is 15.0 Å². The topological polar surface area (TPSA) is 75.7 Å². The molecule has 1 N–H and O–H groups in total. The first-order valence-corrected chi connectivity index (χ1v) is 9.11. The summed E-state index contributed by atoms with van der Waals surface area (Å²) in [5.41, 5.74) is 1.94. The Balaban J connectivity index is 1.92. The minimum atomic E-state index is -3.51. The maximum atomic E-state index is 12.4. The van der Waals surface area contributed by atoms with Crippen molar-refractivity contribution in [2.24, 2.45) is 0 Å². The Hall–Kier alpha value is -1.73. The summed E-state index contributed by atoms with van der Waals surface area (Å²) in [7, 11) is -3.51. The van der Waals surface area contributed by atoms with E-state index in [0.29, 0.717) is 17.1 Å². The largest absolute Gasteiger partial charge is 0.329 e. The fourth-order valence-corrected chi connectivity index (χ4v) is 4.11. The number of nitrogens with zero attached hydrogens (tertiary/aromatic N) is 2. The first kappa shape index (κ1) is 14.2. The number of sulfone groups is 1. The van der Waals surface area contributed by atoms with E-state index >= 15 is 0 Å². The van der Waals surface area contributed by atoms with Crippen LogP contribution in [0.15, 0.2) is 34.8 Å². The molecule has 3 rings (SSSR count). The third-order valence-electron chi connectivity index (χ3n) is 3.06. The summed E-state index contributed by atoms with van der Waals surface area (Å²) < 4.78 is 24.8. The van der Waals surface area contributed by atoms with Crippen molar-refractivity contribution in [2.45, 2.75) is 30.7 Å². The first-order chi connectivity index (χ1) is 9.95. The van der Waals surface area contributed by atoms with E-state index in [4.69, 9.17) is 0 Å². The lowest BCUT2D eigenvalue weighted by atomic mass is 10.2. The van der Waals surface area contributed by atoms with Gasteiger partial charge >= 0.3 is 0 Å². The van der Waals surface area contributed by atoms with Crippen molar-refractivity contribution in [3.05, 3.63) is 40.3 Å². The van der Waals surface area contributed by atoms with Crippen molar-refractivity contribution < 1.29 is 8.42 Å². The average Bonchev–Trinajstić information content (AvgIpc) is 3.04. The van der Waals surface area contributed by atoms with Crippen molar-refractivity contribution in [2.75, 3.05) is 0 Å². The van der Waals surface area contributed by atoms with Crippen LogP contribution in [0.5, 0.6) is 0 Å². The molecule has 0 aliphatic heterocycles. The fraction of sp³-hybridized carbons (Fsp3) is 0.286. The molecule has 0 fully saturated rings. The van der Waals surface area contributed by atoms with Gasteiger partial charge in [-0.05, 0) is 12.1 Å². The van der Waals surface area contributed by atoms with Crippen molar-refractivity contribution >= 4 is 32.2 Å². The highest BCUT2D eigenvalue weighted by Gasteiger charge is 2.21. The van der Waals surface area contributed by atoms with Gasteiger partial charge < -0.3 is 4.98 Å². The van der Waals surface area contributed by atoms with Crippen molar-refractivity contribution in [3.63, 3.8) is 0 Å². The first-order valence-electron chi connectivity index (χ1n) is 6.57. The van der Waals surface area contributed by atoms with E-state index in [-0.39, 0.29) is 10.9 Å². The van der Waals surface area contributed by atoms with Gasteiger partial charge in [0.25, 0.3) is 0 Å². The molecule has 0 unspecified atom stereocenters. The van der Waals surface area contributed by atoms with Gasteiger partial charge in [0.2, 0.25) is 15.0 Å². The van der Waals surface area contributed by atoms with Crippen LogP contribution in [-0.2, 0) is 15.6 Å². The Morgan fingerprint density at radius 1 is 1.24 bits per heavy atom. The summed E-state index contributed by atoms with van der Waals surface area (Å²) in [6, 6.07) is 7.26. The molecule has 110 valence electrons. The number of hydrogen-bond acceptors (Lipinski definition) is 5. The van der Waals surface area contributed by atoms with Gasteiger partial charge in [-0.25, -0.2) is 18.4 Å². The molecule has 1 aromatic carbocycles. The molecule has 0 atom stereocenters. The Bertz CT molecular complexity index is 845. The molecular weight excluding hydrogens is 306 g/mol. The summed E-state index contributed by atoms with van der Waals surface area (Å²) in [5.74, 6) is 0.174. The zero-order chi connectivity index (χ0) is 15.0. The minimum Gasteiger partial charge on any atom is -0.329 e. The van der Waals surface area contributed by atoms with Gasteiger partial charge in [0.15, 0.2) is 0 Å². The minimum absolute atomic E-state index is 0.00259. The number of H-pyrrole nitrogens is 1. The summed E-state index contributed by atoms with van der Waals surface area (Å²) >= 11 is 1.49. The molecule has 5 nitrogen and oxygen atoms in total. The van der Waals surface area contributed by atoms with Gasteiger partial charge in [-0.15, -0.1) is 11.3 Å². The molecule has 0 spiro atoms. The Labute approximate surface area is 127 Å². The standard InChI is InChI=1S/C14H15N3O2S2/c1-9(2)13-15-10(7-20-13)8-21(18,19)14-16-11-5-3-4-6-12(11)17-14/h3-7,9H,8H2,1-2H3,(H,16,17). The molecule has 0 saturated carbocycles. The van der Waals surface area contributed by atoms with Gasteiger partial charge in [-0.1, -0.05) is 26.0 Å². The predicted octanol–water partition coefficient (Wildman–Crippen LogP) is 3.12. The highest BCUT2D eigenvalue weighted by atomic mass is 32.2. The molecule has 0 aliphatic carbocycles. The highest BCUT2D eigenvalue weighted by Crippen LogP contribution is 2.22. The second-order valence-electron chi connectivity index (χ2n) is 5.15. The molecule has 0 saturated heterocycles. The molecule has 21 heavy (non-hydrogen) atoms. The summed E-state index contributed by atoms with van der Waals surface area (Å²) in [6.45, 7) is 4.08. The molecule has 0 aliphatic rings. The molecule has 2 heterocycles. The number of para-hydroxylation sites is 2. The van der Waals surface area contributed by atoms with Gasteiger partial charge in [0, 0.05) is 11.3 Å². The van der Waals surface area contributed by atoms with Gasteiger partial charge in [0.05, 0.1) is 21.7 Å². The van der Waals surface area contributed by atoms with E-state index in [9.17, 15) is 8.42 Å². The van der Waals surface area contributed by atoms with E-state index in [1.54, 1.807) is 17.5 Å². The molecule has 3 aromatic rings. The molecule has 0 radical (unpaired) electrons. The number of rotatable bonds is 4. The molecule has 0 bridgehead atoms. The van der Waals surface area contributed by atoms with E-state index in [1.807, 2.05) is 26.0 Å². The monoisotopic (exact) mass is 321 g/mol. The Kier molecular flexibility index (Phi) is 3.54. The number of hydrogen-bond donors (Lipinski definition) is 1. The quantitative estimate of drug-likeness (QED) is 0.801. The fourth-order valence-electron chi connectivity index (χ4n) is 1.99. The Morgan fingerprint density at radius 3 is 2.67 bits per heavy atom. The Morgan fingerprint density at radius 2 is 2.00 bits per heavy atom. The van der Waals surface area contributed by atoms with E-state index in [0.717, 1.165) is 10.5 Å². The van der Waals surface area contributed by atoms with Crippen LogP contribution in [-0.4, -0.2) is 23.4 Å². The number of thiazole rings is 1. The van der Waals surface area contributed by atoms with Gasteiger partial charge in [0.1, 0.15) is 5.75 Å². The third kappa shape index (κ3) is 2.84. The van der Waals surface area contributed by atoms with Crippen LogP contribution in [0.2, 0.25) is 0 Å². The number of aromatic amines is 1. The van der Waals surface area contributed by atoms with Crippen LogP contribution in [0.25, 0.3) is 11.0 Å². The number of imidazole rings is 1. The third-order valence-corrected chi connectivity index (χ3v) is 5.72. The zero-order valence-electron chi connectivity index (χ0n) is 11.7. The normalized spacial score (nSPS) is 12.3. The van der Waals surface area contributed by atoms with Crippen molar-refractivity contribution in [1.29, 1.82) is 0 Å². The average molecular weight is 321 g/mol. The van der Waals surface area contributed by atoms with Crippen LogP contribution in [0.4, 0.5) is 0 Å². The zero-order valence-corrected chi connectivity index (χ0v) is 13.3. The van der Waals surface area contributed by atoms with Crippen LogP contribution in [0.1, 0.15) is 30.5 Å². The van der Waals surface area contributed by atoms with Crippen LogP contribution >= 0.6 is 11.3 Å². The maximum absolute atomic E-state index is 12.4. The molecular formula is C14H15N3O2S2. The summed E-state index contributed by atoms with van der Waals surface area (Å²) in [4.78, 5) is 11.4. The van der Waals surface area contributed by atoms with Crippen LogP contribution < -0.4 is 0 Å². The van der Waals surface area contributed by atoms with Crippen LogP contribution in [0, 0.1) is 0 Å². The SMILES string of the molecule is CC(C)c1nc(CS(=O)(=O)c2nc3ccccc3[nH]2)cs1. The molecule has 7 heteroatoms. The number of fused-ring (bicyclic) bond motifs is 1. The molecule has 0 amide bonds. The maximum Gasteiger partial charge on any atom is 0.226 e. The highest BCUT2D eigenvalue weighted by molar-refractivity contribution is 7.90. The second-order valence-corrected chi connectivity index (χ2v) is 7.94. The van der Waals surface area contributed by atoms with Crippen LogP contribution in [0.3, 0.4) is 0 Å². The lowest BCUT2D eigenvalue weighted by Crippen LogP contribution is -2.07.